The molecule has 0 fully saturated rings. The minimum atomic E-state index is 1.18. The summed E-state index contributed by atoms with van der Waals surface area (Å²) in [7, 11) is 0. The van der Waals surface area contributed by atoms with Crippen molar-refractivity contribution in [2.45, 2.75) is 0 Å². The van der Waals surface area contributed by atoms with Crippen molar-refractivity contribution >= 4 is 103 Å². The third kappa shape index (κ3) is 4.68. The lowest BCUT2D eigenvalue weighted by atomic mass is 9.90. The maximum absolute atomic E-state index is 2.52. The van der Waals surface area contributed by atoms with Crippen molar-refractivity contribution in [1.82, 2.24) is 13.5 Å². The van der Waals surface area contributed by atoms with Gasteiger partial charge in [-0.1, -0.05) is 164 Å². The van der Waals surface area contributed by atoms with E-state index in [2.05, 4.69) is 238 Å². The molecule has 0 atom stereocenters. The fourth-order valence-electron chi connectivity index (χ4n) is 11.6. The summed E-state index contributed by atoms with van der Waals surface area (Å²) in [4.78, 5) is 0. The number of nitrogens with zero attached hydrogens (tertiary/aromatic N) is 3. The average Bonchev–Trinajstić information content (AvgIpc) is 4.10. The van der Waals surface area contributed by atoms with Crippen LogP contribution in [0.4, 0.5) is 0 Å². The van der Waals surface area contributed by atoms with Gasteiger partial charge in [0.05, 0.1) is 44.3 Å². The second-order valence-corrected chi connectivity index (χ2v) is 17.6. The third-order valence-electron chi connectivity index (χ3n) is 14.3. The molecule has 4 aromatic heterocycles. The van der Waals surface area contributed by atoms with Gasteiger partial charge in [-0.25, -0.2) is 0 Å². The van der Waals surface area contributed by atoms with Gasteiger partial charge in [-0.3, -0.25) is 0 Å². The highest BCUT2D eigenvalue weighted by atomic mass is 15.0. The van der Waals surface area contributed by atoms with Crippen LogP contribution in [0.15, 0.2) is 224 Å². The van der Waals surface area contributed by atoms with Crippen molar-refractivity contribution in [3.8, 4) is 33.6 Å². The Morgan fingerprint density at radius 3 is 1.14 bits per heavy atom. The molecular formula is C62H37N3. The second kappa shape index (κ2) is 12.9. The van der Waals surface area contributed by atoms with Crippen molar-refractivity contribution in [1.29, 1.82) is 0 Å². The van der Waals surface area contributed by atoms with E-state index in [-0.39, 0.29) is 0 Å². The standard InChI is InChI=1S/C62H37N3/c1-2-16-38(17-3-1)60-46-22-4-6-24-48(46)61(49-25-7-5-23-47(49)60)65-55-27-13-9-19-43(55)51-35-40(31-33-59(51)65)39-30-32-58-50(34-39)42-18-8-12-26-54(42)63(58)41-36-52-44-20-10-14-28-56(44)64-57-29-15-11-21-45(57)53(37-41)62(52)64/h1-37H. The van der Waals surface area contributed by atoms with E-state index in [1.54, 1.807) is 0 Å². The first kappa shape index (κ1) is 34.9. The zero-order chi connectivity index (χ0) is 42.3. The van der Waals surface area contributed by atoms with E-state index in [4.69, 9.17) is 0 Å². The molecule has 0 saturated heterocycles. The van der Waals surface area contributed by atoms with Gasteiger partial charge in [0.1, 0.15) is 0 Å². The predicted molar refractivity (Wildman–Crippen MR) is 276 cm³/mol. The topological polar surface area (TPSA) is 14.3 Å². The Balaban J connectivity index is 0.946. The van der Waals surface area contributed by atoms with Crippen LogP contribution in [0.25, 0.3) is 137 Å². The largest absolute Gasteiger partial charge is 0.309 e. The summed E-state index contributed by atoms with van der Waals surface area (Å²) >= 11 is 0. The second-order valence-electron chi connectivity index (χ2n) is 17.6. The Morgan fingerprint density at radius 1 is 0.231 bits per heavy atom. The van der Waals surface area contributed by atoms with E-state index in [0.29, 0.717) is 0 Å². The molecule has 11 aromatic carbocycles. The zero-order valence-corrected chi connectivity index (χ0v) is 35.2. The molecule has 0 unspecified atom stereocenters. The van der Waals surface area contributed by atoms with E-state index in [1.165, 1.54) is 137 Å². The SMILES string of the molecule is c1ccc(-c2c3ccccc3c(-n3c4ccccc4c4cc(-c5ccc6c(c5)c5ccccc5n6-c5cc6c7ccccc7n7c8ccccc8c(c5)c67)ccc43)c3ccccc23)cc1. The molecule has 4 heterocycles. The van der Waals surface area contributed by atoms with Gasteiger partial charge in [-0.05, 0) is 93.7 Å². The summed E-state index contributed by atoms with van der Waals surface area (Å²) in [5, 5.41) is 15.1. The van der Waals surface area contributed by atoms with Gasteiger partial charge < -0.3 is 13.5 Å². The Kier molecular flexibility index (Phi) is 6.95. The van der Waals surface area contributed by atoms with Crippen LogP contribution >= 0.6 is 0 Å². The van der Waals surface area contributed by atoms with Gasteiger partial charge in [0.2, 0.25) is 0 Å². The monoisotopic (exact) mass is 823 g/mol. The minimum Gasteiger partial charge on any atom is -0.309 e. The zero-order valence-electron chi connectivity index (χ0n) is 35.2. The average molecular weight is 824 g/mol. The summed E-state index contributed by atoms with van der Waals surface area (Å²) in [5.74, 6) is 0. The highest BCUT2D eigenvalue weighted by molar-refractivity contribution is 6.25. The Hall–Kier alpha value is -8.66. The summed E-state index contributed by atoms with van der Waals surface area (Å²) in [6.45, 7) is 0. The highest BCUT2D eigenvalue weighted by Gasteiger charge is 2.23. The Bertz CT molecular complexity index is 4330. The normalized spacial score (nSPS) is 12.3. The van der Waals surface area contributed by atoms with Gasteiger partial charge in [0.15, 0.2) is 0 Å². The van der Waals surface area contributed by atoms with Crippen molar-refractivity contribution < 1.29 is 0 Å². The molecule has 0 aliphatic rings. The maximum Gasteiger partial charge on any atom is 0.0622 e. The van der Waals surface area contributed by atoms with Crippen LogP contribution in [0.2, 0.25) is 0 Å². The number of hydrogen-bond donors (Lipinski definition) is 0. The number of para-hydroxylation sites is 4. The lowest BCUT2D eigenvalue weighted by molar-refractivity contribution is 1.19. The molecule has 0 radical (unpaired) electrons. The summed E-state index contributed by atoms with van der Waals surface area (Å²) in [6, 6.07) is 83.2. The number of hydrogen-bond acceptors (Lipinski definition) is 0. The van der Waals surface area contributed by atoms with Crippen LogP contribution in [0, 0.1) is 0 Å². The highest BCUT2D eigenvalue weighted by Crippen LogP contribution is 2.46. The van der Waals surface area contributed by atoms with Gasteiger partial charge in [0.25, 0.3) is 0 Å². The van der Waals surface area contributed by atoms with Gasteiger partial charge in [0, 0.05) is 59.5 Å². The molecule has 15 rings (SSSR count). The molecule has 0 aliphatic heterocycles. The molecular weight excluding hydrogens is 787 g/mol. The lowest BCUT2D eigenvalue weighted by Gasteiger charge is -2.19. The van der Waals surface area contributed by atoms with Crippen molar-refractivity contribution in [3.63, 3.8) is 0 Å². The van der Waals surface area contributed by atoms with Crippen LogP contribution in [0.3, 0.4) is 0 Å². The fourth-order valence-corrected chi connectivity index (χ4v) is 11.6. The van der Waals surface area contributed by atoms with Gasteiger partial charge in [-0.15, -0.1) is 0 Å². The summed E-state index contributed by atoms with van der Waals surface area (Å²) in [6.07, 6.45) is 0. The van der Waals surface area contributed by atoms with Crippen LogP contribution in [-0.2, 0) is 0 Å². The molecule has 0 bridgehead atoms. The van der Waals surface area contributed by atoms with Gasteiger partial charge >= 0.3 is 0 Å². The summed E-state index contributed by atoms with van der Waals surface area (Å²) < 4.78 is 7.45. The fraction of sp³-hybridized carbons (Fsp3) is 0. The molecule has 0 spiro atoms. The smallest absolute Gasteiger partial charge is 0.0622 e. The van der Waals surface area contributed by atoms with E-state index >= 15 is 0 Å². The van der Waals surface area contributed by atoms with E-state index in [1.807, 2.05) is 0 Å². The lowest BCUT2D eigenvalue weighted by Crippen LogP contribution is -1.99. The number of aromatic nitrogens is 3. The molecule has 300 valence electrons. The van der Waals surface area contributed by atoms with Crippen molar-refractivity contribution in [2.75, 3.05) is 0 Å². The van der Waals surface area contributed by atoms with E-state index in [0.717, 1.165) is 0 Å². The van der Waals surface area contributed by atoms with Crippen LogP contribution in [-0.4, -0.2) is 13.5 Å². The molecule has 3 nitrogen and oxygen atoms in total. The van der Waals surface area contributed by atoms with Crippen LogP contribution in [0.5, 0.6) is 0 Å². The number of rotatable bonds is 4. The van der Waals surface area contributed by atoms with Crippen LogP contribution < -0.4 is 0 Å². The van der Waals surface area contributed by atoms with Crippen molar-refractivity contribution in [3.05, 3.63) is 224 Å². The van der Waals surface area contributed by atoms with E-state index in [9.17, 15) is 0 Å². The maximum atomic E-state index is 2.52. The molecule has 0 amide bonds. The first-order valence-electron chi connectivity index (χ1n) is 22.5. The first-order chi connectivity index (χ1) is 32.3. The molecule has 0 N–H and O–H groups in total. The van der Waals surface area contributed by atoms with E-state index < -0.39 is 0 Å². The molecule has 0 saturated carbocycles. The predicted octanol–water partition coefficient (Wildman–Crippen LogP) is 16.7. The third-order valence-corrected chi connectivity index (χ3v) is 14.3. The first-order valence-corrected chi connectivity index (χ1v) is 22.5. The molecule has 65 heavy (non-hydrogen) atoms. The van der Waals surface area contributed by atoms with Gasteiger partial charge in [-0.2, -0.15) is 0 Å². The number of benzene rings is 11. The summed E-state index contributed by atoms with van der Waals surface area (Å²) in [5.41, 5.74) is 15.9. The molecule has 3 heteroatoms. The quantitative estimate of drug-likeness (QED) is 0.157. The Morgan fingerprint density at radius 2 is 0.615 bits per heavy atom. The molecule has 0 aliphatic carbocycles. The Labute approximate surface area is 373 Å². The molecule has 15 aromatic rings. The minimum absolute atomic E-state index is 1.18. The van der Waals surface area contributed by atoms with Crippen molar-refractivity contribution in [2.24, 2.45) is 0 Å². The number of fused-ring (bicyclic) bond motifs is 14. The van der Waals surface area contributed by atoms with Crippen LogP contribution in [0.1, 0.15) is 0 Å².